The number of carbonyl (C=O) groups is 3. The fraction of sp³-hybridized carbons (Fsp3) is 0.263. The largest absolute Gasteiger partial charge is 0.311 e. The van der Waals surface area contributed by atoms with E-state index in [2.05, 4.69) is 15.8 Å². The topological polar surface area (TPSA) is 91.4 Å². The van der Waals surface area contributed by atoms with E-state index in [0.29, 0.717) is 12.1 Å². The van der Waals surface area contributed by atoms with Crippen LogP contribution in [0.25, 0.3) is 0 Å². The summed E-state index contributed by atoms with van der Waals surface area (Å²) < 4.78 is 0. The van der Waals surface area contributed by atoms with Crippen LogP contribution in [-0.4, -0.2) is 29.3 Å². The Balaban J connectivity index is 1.61. The average Bonchev–Trinajstić information content (AvgIpc) is 3.08. The van der Waals surface area contributed by atoms with Gasteiger partial charge in [-0.1, -0.05) is 25.1 Å². The van der Waals surface area contributed by atoms with E-state index in [0.717, 1.165) is 17.7 Å². The SMILES string of the molecule is CCc1ccccc1N1CC(C(=O)NNC(=O)c2cccnc2)CC1=O. The maximum Gasteiger partial charge on any atom is 0.271 e. The number of hydrazine groups is 1. The highest BCUT2D eigenvalue weighted by molar-refractivity contribution is 6.01. The summed E-state index contributed by atoms with van der Waals surface area (Å²) in [7, 11) is 0. The molecule has 1 aliphatic rings. The third-order valence-electron chi connectivity index (χ3n) is 4.38. The maximum absolute atomic E-state index is 12.4. The highest BCUT2D eigenvalue weighted by Gasteiger charge is 2.35. The van der Waals surface area contributed by atoms with Gasteiger partial charge >= 0.3 is 0 Å². The van der Waals surface area contributed by atoms with Gasteiger partial charge in [-0.3, -0.25) is 30.2 Å². The first-order valence-electron chi connectivity index (χ1n) is 8.48. The predicted octanol–water partition coefficient (Wildman–Crippen LogP) is 1.46. The van der Waals surface area contributed by atoms with E-state index in [-0.39, 0.29) is 18.2 Å². The Labute approximate surface area is 151 Å². The molecule has 1 fully saturated rings. The second-order valence-electron chi connectivity index (χ2n) is 6.07. The highest BCUT2D eigenvalue weighted by Crippen LogP contribution is 2.28. The van der Waals surface area contributed by atoms with Gasteiger partial charge in [-0.15, -0.1) is 0 Å². The smallest absolute Gasteiger partial charge is 0.271 e. The molecule has 7 nitrogen and oxygen atoms in total. The van der Waals surface area contributed by atoms with Gasteiger partial charge in [0.15, 0.2) is 0 Å². The van der Waals surface area contributed by atoms with Crippen LogP contribution in [0.1, 0.15) is 29.3 Å². The van der Waals surface area contributed by atoms with E-state index < -0.39 is 11.8 Å². The van der Waals surface area contributed by atoms with Crippen LogP contribution in [0.15, 0.2) is 48.8 Å². The van der Waals surface area contributed by atoms with Gasteiger partial charge < -0.3 is 4.90 Å². The van der Waals surface area contributed by atoms with Crippen molar-refractivity contribution in [3.63, 3.8) is 0 Å². The lowest BCUT2D eigenvalue weighted by Gasteiger charge is -2.20. The predicted molar refractivity (Wildman–Crippen MR) is 96.1 cm³/mol. The molecule has 3 amide bonds. The molecule has 134 valence electrons. The Kier molecular flexibility index (Phi) is 5.26. The van der Waals surface area contributed by atoms with E-state index >= 15 is 0 Å². The summed E-state index contributed by atoms with van der Waals surface area (Å²) in [5, 5.41) is 0. The molecule has 2 aromatic rings. The molecule has 0 aliphatic carbocycles. The normalized spacial score (nSPS) is 16.4. The molecule has 1 saturated heterocycles. The van der Waals surface area contributed by atoms with Crippen LogP contribution in [-0.2, 0) is 16.0 Å². The van der Waals surface area contributed by atoms with Gasteiger partial charge in [0, 0.05) is 31.0 Å². The van der Waals surface area contributed by atoms with Crippen molar-refractivity contribution >= 4 is 23.4 Å². The Bertz CT molecular complexity index is 823. The van der Waals surface area contributed by atoms with Crippen molar-refractivity contribution in [1.82, 2.24) is 15.8 Å². The van der Waals surface area contributed by atoms with Crippen LogP contribution in [0.3, 0.4) is 0 Å². The first-order chi connectivity index (χ1) is 12.6. The lowest BCUT2D eigenvalue weighted by molar-refractivity contribution is -0.126. The van der Waals surface area contributed by atoms with Gasteiger partial charge in [-0.05, 0) is 30.2 Å². The minimum Gasteiger partial charge on any atom is -0.311 e. The summed E-state index contributed by atoms with van der Waals surface area (Å²) in [6.45, 7) is 2.32. The fourth-order valence-electron chi connectivity index (χ4n) is 2.98. The van der Waals surface area contributed by atoms with Gasteiger partial charge in [-0.2, -0.15) is 0 Å². The monoisotopic (exact) mass is 352 g/mol. The van der Waals surface area contributed by atoms with Crippen molar-refractivity contribution in [2.75, 3.05) is 11.4 Å². The van der Waals surface area contributed by atoms with Crippen LogP contribution in [0.4, 0.5) is 5.69 Å². The molecule has 0 radical (unpaired) electrons. The van der Waals surface area contributed by atoms with E-state index in [1.54, 1.807) is 23.2 Å². The van der Waals surface area contributed by atoms with Crippen molar-refractivity contribution in [2.45, 2.75) is 19.8 Å². The lowest BCUT2D eigenvalue weighted by atomic mass is 10.1. The summed E-state index contributed by atoms with van der Waals surface area (Å²) in [5.74, 6) is -1.44. The van der Waals surface area contributed by atoms with Gasteiger partial charge in [0.1, 0.15) is 0 Å². The number of para-hydroxylation sites is 1. The van der Waals surface area contributed by atoms with Gasteiger partial charge in [0.25, 0.3) is 5.91 Å². The van der Waals surface area contributed by atoms with Gasteiger partial charge in [0.05, 0.1) is 11.5 Å². The number of benzene rings is 1. The molecule has 2 N–H and O–H groups in total. The molecule has 1 atom stereocenters. The molecular formula is C19H20N4O3. The number of hydrogen-bond acceptors (Lipinski definition) is 4. The Morgan fingerprint density at radius 3 is 2.73 bits per heavy atom. The number of amides is 3. The van der Waals surface area contributed by atoms with Crippen LogP contribution >= 0.6 is 0 Å². The second kappa shape index (κ2) is 7.77. The molecule has 1 aliphatic heterocycles. The van der Waals surface area contributed by atoms with Crippen LogP contribution in [0.5, 0.6) is 0 Å². The Hall–Kier alpha value is -3.22. The number of rotatable bonds is 4. The van der Waals surface area contributed by atoms with Crippen LogP contribution in [0.2, 0.25) is 0 Å². The number of anilines is 1. The van der Waals surface area contributed by atoms with Crippen molar-refractivity contribution in [1.29, 1.82) is 0 Å². The van der Waals surface area contributed by atoms with Gasteiger partial charge in [-0.25, -0.2) is 0 Å². The average molecular weight is 352 g/mol. The maximum atomic E-state index is 12.4. The summed E-state index contributed by atoms with van der Waals surface area (Å²) >= 11 is 0. The van der Waals surface area contributed by atoms with Crippen LogP contribution in [0, 0.1) is 5.92 Å². The second-order valence-corrected chi connectivity index (χ2v) is 6.07. The molecule has 1 aromatic carbocycles. The van der Waals surface area contributed by atoms with Crippen molar-refractivity contribution in [2.24, 2.45) is 5.92 Å². The summed E-state index contributed by atoms with van der Waals surface area (Å²) in [5.41, 5.74) is 7.00. The van der Waals surface area contributed by atoms with E-state index in [4.69, 9.17) is 0 Å². The molecule has 1 aromatic heterocycles. The standard InChI is InChI=1S/C19H20N4O3/c1-2-13-6-3-4-8-16(13)23-12-15(10-17(23)24)19(26)22-21-18(25)14-7-5-9-20-11-14/h3-9,11,15H,2,10,12H2,1H3,(H,21,25)(H,22,26). The summed E-state index contributed by atoms with van der Waals surface area (Å²) in [6.07, 6.45) is 3.89. The third kappa shape index (κ3) is 3.72. The molecule has 3 rings (SSSR count). The molecule has 7 heteroatoms. The van der Waals surface area contributed by atoms with Gasteiger partial charge in [0.2, 0.25) is 11.8 Å². The van der Waals surface area contributed by atoms with Crippen molar-refractivity contribution < 1.29 is 14.4 Å². The Morgan fingerprint density at radius 2 is 2.00 bits per heavy atom. The number of aryl methyl sites for hydroxylation is 1. The Morgan fingerprint density at radius 1 is 1.19 bits per heavy atom. The quantitative estimate of drug-likeness (QED) is 0.815. The van der Waals surface area contributed by atoms with Crippen molar-refractivity contribution in [3.05, 3.63) is 59.9 Å². The first kappa shape index (κ1) is 17.6. The fourth-order valence-corrected chi connectivity index (χ4v) is 2.98. The minimum atomic E-state index is -0.512. The summed E-state index contributed by atoms with van der Waals surface area (Å²) in [4.78, 5) is 42.2. The molecule has 2 heterocycles. The third-order valence-corrected chi connectivity index (χ3v) is 4.38. The molecule has 0 saturated carbocycles. The molecule has 0 bridgehead atoms. The van der Waals surface area contributed by atoms with Crippen LogP contribution < -0.4 is 15.8 Å². The number of nitrogens with one attached hydrogen (secondary N) is 2. The zero-order chi connectivity index (χ0) is 18.5. The number of hydrogen-bond donors (Lipinski definition) is 2. The molecule has 0 spiro atoms. The zero-order valence-corrected chi connectivity index (χ0v) is 14.4. The van der Waals surface area contributed by atoms with E-state index in [1.807, 2.05) is 31.2 Å². The van der Waals surface area contributed by atoms with Crippen molar-refractivity contribution in [3.8, 4) is 0 Å². The highest BCUT2D eigenvalue weighted by atomic mass is 16.2. The van der Waals surface area contributed by atoms with E-state index in [1.165, 1.54) is 6.20 Å². The minimum absolute atomic E-state index is 0.0929. The number of carbonyl (C=O) groups excluding carboxylic acids is 3. The number of pyridine rings is 1. The zero-order valence-electron chi connectivity index (χ0n) is 14.4. The number of aromatic nitrogens is 1. The van der Waals surface area contributed by atoms with E-state index in [9.17, 15) is 14.4 Å². The molecule has 26 heavy (non-hydrogen) atoms. The summed E-state index contributed by atoms with van der Waals surface area (Å²) in [6, 6.07) is 10.9. The lowest BCUT2D eigenvalue weighted by Crippen LogP contribution is -2.45. The molecule has 1 unspecified atom stereocenters. The number of nitrogens with zero attached hydrogens (tertiary/aromatic N) is 2. The first-order valence-corrected chi connectivity index (χ1v) is 8.48. The molecular weight excluding hydrogens is 332 g/mol.